The average Bonchev–Trinajstić information content (AvgIpc) is 3.22. The Morgan fingerprint density at radius 3 is 2.52 bits per heavy atom. The second-order valence-corrected chi connectivity index (χ2v) is 11.6. The zero-order valence-corrected chi connectivity index (χ0v) is 18.9. The number of allylic oxidation sites excluding steroid dienone is 3. The molecular formula is C26H36O3. The second-order valence-electron chi connectivity index (χ2n) is 11.6. The summed E-state index contributed by atoms with van der Waals surface area (Å²) in [5.74, 6) is 1.87. The molecule has 6 aliphatic rings. The van der Waals surface area contributed by atoms with Crippen LogP contribution in [0.3, 0.4) is 0 Å². The normalized spacial score (nSPS) is 52.2. The van der Waals surface area contributed by atoms with Crippen LogP contribution in [0.1, 0.15) is 80.1 Å². The largest absolute Gasteiger partial charge is 0.389 e. The van der Waals surface area contributed by atoms with Crippen molar-refractivity contribution in [1.29, 1.82) is 0 Å². The number of hydrogen-bond donors (Lipinski definition) is 0. The van der Waals surface area contributed by atoms with Crippen molar-refractivity contribution >= 4 is 11.9 Å². The molecule has 158 valence electrons. The first kappa shape index (κ1) is 19.6. The average molecular weight is 397 g/mol. The highest BCUT2D eigenvalue weighted by atomic mass is 16.6. The maximum Gasteiger partial charge on any atom is 0.341 e. The number of hydrogen-bond acceptors (Lipinski definition) is 3. The van der Waals surface area contributed by atoms with Crippen LogP contribution in [-0.4, -0.2) is 11.9 Å². The van der Waals surface area contributed by atoms with Crippen molar-refractivity contribution in [3.63, 3.8) is 0 Å². The molecule has 4 saturated carbocycles. The highest BCUT2D eigenvalue weighted by Crippen LogP contribution is 2.85. The van der Waals surface area contributed by atoms with Crippen LogP contribution >= 0.6 is 0 Å². The topological polar surface area (TPSA) is 43.4 Å². The molecule has 1 spiro atoms. The second kappa shape index (κ2) is 5.65. The number of carbonyl (C=O) groups is 2. The van der Waals surface area contributed by atoms with Crippen molar-refractivity contribution in [2.24, 2.45) is 45.3 Å². The summed E-state index contributed by atoms with van der Waals surface area (Å²) in [5, 5.41) is 0. The maximum atomic E-state index is 13.3. The number of esters is 2. The van der Waals surface area contributed by atoms with E-state index < -0.39 is 11.4 Å². The Kier molecular flexibility index (Phi) is 3.81. The van der Waals surface area contributed by atoms with Crippen molar-refractivity contribution < 1.29 is 14.3 Å². The fourth-order valence-corrected chi connectivity index (χ4v) is 8.86. The van der Waals surface area contributed by atoms with Gasteiger partial charge in [0.25, 0.3) is 0 Å². The summed E-state index contributed by atoms with van der Waals surface area (Å²) in [4.78, 5) is 25.6. The van der Waals surface area contributed by atoms with E-state index in [4.69, 9.17) is 4.74 Å². The van der Waals surface area contributed by atoms with Gasteiger partial charge in [-0.2, -0.15) is 0 Å². The van der Waals surface area contributed by atoms with Crippen LogP contribution in [0.5, 0.6) is 0 Å². The van der Waals surface area contributed by atoms with E-state index >= 15 is 0 Å². The molecule has 3 nitrogen and oxygen atoms in total. The lowest BCUT2D eigenvalue weighted by molar-refractivity contribution is -0.175. The third-order valence-corrected chi connectivity index (χ3v) is 10.9. The third kappa shape index (κ3) is 2.10. The molecule has 4 fully saturated rings. The zero-order valence-electron chi connectivity index (χ0n) is 18.9. The fourth-order valence-electron chi connectivity index (χ4n) is 8.86. The minimum atomic E-state index is -0.574. The van der Waals surface area contributed by atoms with E-state index in [1.165, 1.54) is 12.8 Å². The highest BCUT2D eigenvalue weighted by molar-refractivity contribution is 5.97. The SMILES string of the molecule is C/C=C(/C)C(=O)OC(=O)[C@]1(C)CCC[C@@]2(C)C3=C[C@@H]4[C@@H]5C[C@@]3(CC[C@H]12)[C@H](C)[C@@]45C. The monoisotopic (exact) mass is 396 g/mol. The van der Waals surface area contributed by atoms with Gasteiger partial charge in [-0.05, 0) is 92.8 Å². The first-order chi connectivity index (χ1) is 13.6. The molecule has 0 radical (unpaired) electrons. The number of ether oxygens (including phenoxy) is 1. The minimum Gasteiger partial charge on any atom is -0.389 e. The van der Waals surface area contributed by atoms with Crippen LogP contribution in [0.4, 0.5) is 0 Å². The van der Waals surface area contributed by atoms with Gasteiger partial charge in [0, 0.05) is 5.57 Å². The van der Waals surface area contributed by atoms with E-state index in [0.717, 1.165) is 43.4 Å². The number of carbonyl (C=O) groups excluding carboxylic acids is 2. The van der Waals surface area contributed by atoms with Crippen molar-refractivity contribution in [1.82, 2.24) is 0 Å². The van der Waals surface area contributed by atoms with Crippen molar-refractivity contribution in [2.45, 2.75) is 80.1 Å². The smallest absolute Gasteiger partial charge is 0.341 e. The molecule has 0 amide bonds. The highest BCUT2D eigenvalue weighted by Gasteiger charge is 2.79. The molecule has 0 saturated heterocycles. The summed E-state index contributed by atoms with van der Waals surface area (Å²) >= 11 is 0. The van der Waals surface area contributed by atoms with Gasteiger partial charge >= 0.3 is 11.9 Å². The van der Waals surface area contributed by atoms with E-state index in [1.807, 2.05) is 0 Å². The van der Waals surface area contributed by atoms with Crippen molar-refractivity contribution in [2.75, 3.05) is 0 Å². The molecule has 0 aromatic rings. The first-order valence-electron chi connectivity index (χ1n) is 11.7. The Morgan fingerprint density at radius 1 is 1.17 bits per heavy atom. The molecule has 6 rings (SSSR count). The quantitative estimate of drug-likeness (QED) is 0.255. The van der Waals surface area contributed by atoms with Crippen molar-refractivity contribution in [3.8, 4) is 0 Å². The third-order valence-electron chi connectivity index (χ3n) is 10.9. The van der Waals surface area contributed by atoms with Gasteiger partial charge in [0.2, 0.25) is 0 Å². The predicted octanol–water partition coefficient (Wildman–Crippen LogP) is 5.85. The Bertz CT molecular complexity index is 867. The molecule has 6 aliphatic carbocycles. The summed E-state index contributed by atoms with van der Waals surface area (Å²) < 4.78 is 5.41. The van der Waals surface area contributed by atoms with Crippen LogP contribution in [0.25, 0.3) is 0 Å². The van der Waals surface area contributed by atoms with Crippen LogP contribution < -0.4 is 0 Å². The molecule has 4 bridgehead atoms. The van der Waals surface area contributed by atoms with Gasteiger partial charge in [0.05, 0.1) is 5.41 Å². The molecule has 0 heterocycles. The molecule has 0 aliphatic heterocycles. The van der Waals surface area contributed by atoms with Gasteiger partial charge < -0.3 is 4.74 Å². The van der Waals surface area contributed by atoms with E-state index in [2.05, 4.69) is 33.8 Å². The Labute approximate surface area is 175 Å². The van der Waals surface area contributed by atoms with E-state index in [0.29, 0.717) is 16.4 Å². The van der Waals surface area contributed by atoms with Gasteiger partial charge in [-0.1, -0.05) is 44.9 Å². The Balaban J connectivity index is 1.50. The molecule has 0 aromatic heterocycles. The molecular weight excluding hydrogens is 360 g/mol. The fraction of sp³-hybridized carbons (Fsp3) is 0.769. The van der Waals surface area contributed by atoms with Crippen molar-refractivity contribution in [3.05, 3.63) is 23.3 Å². The van der Waals surface area contributed by atoms with Gasteiger partial charge in [0.1, 0.15) is 0 Å². The molecule has 8 atom stereocenters. The van der Waals surface area contributed by atoms with Crippen LogP contribution in [-0.2, 0) is 14.3 Å². The summed E-state index contributed by atoms with van der Waals surface area (Å²) in [6.07, 6.45) is 11.0. The molecule has 0 unspecified atom stereocenters. The maximum absolute atomic E-state index is 13.3. The van der Waals surface area contributed by atoms with Crippen LogP contribution in [0.15, 0.2) is 23.3 Å². The number of fused-ring (bicyclic) bond motifs is 1. The summed E-state index contributed by atoms with van der Waals surface area (Å²) in [6, 6.07) is 0. The standard InChI is InChI=1S/C26H36O3/c1-7-15(2)21(27)29-22(28)24(5)11-8-10-23(4)19(24)9-12-26-14-18-17(13-20(23)26)25(18,6)16(26)3/h7,13,16-19H,8-12,14H2,1-6H3/b15-7-/t16-,17-,18+,19+,23-,24-,25+,26+/m1/s1. The summed E-state index contributed by atoms with van der Waals surface area (Å²) in [6.45, 7) is 13.0. The lowest BCUT2D eigenvalue weighted by atomic mass is 9.41. The summed E-state index contributed by atoms with van der Waals surface area (Å²) in [5.41, 5.74) is 2.56. The van der Waals surface area contributed by atoms with E-state index in [1.54, 1.807) is 25.5 Å². The summed E-state index contributed by atoms with van der Waals surface area (Å²) in [7, 11) is 0. The van der Waals surface area contributed by atoms with Gasteiger partial charge in [-0.15, -0.1) is 0 Å². The van der Waals surface area contributed by atoms with Gasteiger partial charge in [-0.25, -0.2) is 4.79 Å². The van der Waals surface area contributed by atoms with Crippen LogP contribution in [0.2, 0.25) is 0 Å². The Morgan fingerprint density at radius 2 is 1.90 bits per heavy atom. The number of rotatable bonds is 2. The van der Waals surface area contributed by atoms with Gasteiger partial charge in [-0.3, -0.25) is 4.79 Å². The van der Waals surface area contributed by atoms with E-state index in [9.17, 15) is 9.59 Å². The molecule has 0 aromatic carbocycles. The van der Waals surface area contributed by atoms with Crippen LogP contribution in [0, 0.1) is 45.3 Å². The minimum absolute atomic E-state index is 0.0616. The Hall–Kier alpha value is -1.38. The predicted molar refractivity (Wildman–Crippen MR) is 113 cm³/mol. The first-order valence-corrected chi connectivity index (χ1v) is 11.7. The zero-order chi connectivity index (χ0) is 21.0. The lowest BCUT2D eigenvalue weighted by Crippen LogP contribution is -2.57. The van der Waals surface area contributed by atoms with Gasteiger partial charge in [0.15, 0.2) is 0 Å². The molecule has 0 N–H and O–H groups in total. The molecule has 3 heteroatoms. The molecule has 29 heavy (non-hydrogen) atoms. The van der Waals surface area contributed by atoms with E-state index in [-0.39, 0.29) is 17.3 Å². The lowest BCUT2D eigenvalue weighted by Gasteiger charge is -2.62.